The van der Waals surface area contributed by atoms with Crippen LogP contribution in [0.3, 0.4) is 0 Å². The first-order valence-electron chi connectivity index (χ1n) is 6.50. The van der Waals surface area contributed by atoms with Crippen LogP contribution in [0, 0.1) is 0 Å². The van der Waals surface area contributed by atoms with Gasteiger partial charge in [-0.15, -0.1) is 0 Å². The Morgan fingerprint density at radius 3 is 2.89 bits per heavy atom. The molecule has 5 nitrogen and oxygen atoms in total. The highest BCUT2D eigenvalue weighted by atomic mass is 16.5. The van der Waals surface area contributed by atoms with E-state index in [9.17, 15) is 4.79 Å². The van der Waals surface area contributed by atoms with Gasteiger partial charge < -0.3 is 9.84 Å². The summed E-state index contributed by atoms with van der Waals surface area (Å²) < 4.78 is 5.10. The molecule has 0 saturated heterocycles. The third-order valence-electron chi connectivity index (χ3n) is 3.27. The molecule has 0 aromatic carbocycles. The molecule has 0 spiro atoms. The van der Waals surface area contributed by atoms with E-state index < -0.39 is 5.97 Å². The first kappa shape index (κ1) is 15.6. The third kappa shape index (κ3) is 4.61. The first-order chi connectivity index (χ1) is 9.10. The molecule has 1 N–H and O–H groups in total. The maximum atomic E-state index is 11.2. The van der Waals surface area contributed by atoms with E-state index in [1.54, 1.807) is 25.4 Å². The van der Waals surface area contributed by atoms with Crippen LogP contribution in [0.15, 0.2) is 18.3 Å². The molecule has 1 heterocycles. The number of carbonyl (C=O) groups is 1. The lowest BCUT2D eigenvalue weighted by atomic mass is 10.1. The van der Waals surface area contributed by atoms with Crippen molar-refractivity contribution in [1.82, 2.24) is 9.88 Å². The minimum Gasteiger partial charge on any atom is -0.478 e. The van der Waals surface area contributed by atoms with Gasteiger partial charge >= 0.3 is 5.97 Å². The fourth-order valence-corrected chi connectivity index (χ4v) is 1.87. The van der Waals surface area contributed by atoms with E-state index >= 15 is 0 Å². The lowest BCUT2D eigenvalue weighted by Crippen LogP contribution is -2.35. The molecule has 5 heteroatoms. The summed E-state index contributed by atoms with van der Waals surface area (Å²) in [6.45, 7) is 6.15. The average Bonchev–Trinajstić information content (AvgIpc) is 2.42. The van der Waals surface area contributed by atoms with Crippen molar-refractivity contribution in [3.8, 4) is 0 Å². The van der Waals surface area contributed by atoms with Crippen LogP contribution >= 0.6 is 0 Å². The van der Waals surface area contributed by atoms with Crippen molar-refractivity contribution < 1.29 is 14.6 Å². The van der Waals surface area contributed by atoms with Crippen molar-refractivity contribution in [1.29, 1.82) is 0 Å². The van der Waals surface area contributed by atoms with Crippen LogP contribution in [-0.4, -0.2) is 47.3 Å². The molecule has 0 amide bonds. The molecule has 0 aliphatic heterocycles. The van der Waals surface area contributed by atoms with Gasteiger partial charge in [-0.25, -0.2) is 4.79 Å². The highest BCUT2D eigenvalue weighted by molar-refractivity contribution is 5.88. The van der Waals surface area contributed by atoms with Gasteiger partial charge in [-0.1, -0.05) is 6.92 Å². The van der Waals surface area contributed by atoms with E-state index in [1.807, 2.05) is 0 Å². The second-order valence-corrected chi connectivity index (χ2v) is 4.52. The summed E-state index contributed by atoms with van der Waals surface area (Å²) in [5, 5.41) is 9.17. The van der Waals surface area contributed by atoms with E-state index in [-0.39, 0.29) is 5.56 Å². The van der Waals surface area contributed by atoms with Crippen LogP contribution in [0.1, 0.15) is 36.3 Å². The second-order valence-electron chi connectivity index (χ2n) is 4.52. The van der Waals surface area contributed by atoms with Crippen molar-refractivity contribution in [3.05, 3.63) is 29.6 Å². The van der Waals surface area contributed by atoms with Crippen LogP contribution in [0.5, 0.6) is 0 Å². The molecule has 1 atom stereocenters. The number of hydrogen-bond acceptors (Lipinski definition) is 4. The lowest BCUT2D eigenvalue weighted by Gasteiger charge is -2.28. The number of aromatic nitrogens is 1. The number of carboxylic acid groups (broad SMARTS) is 1. The summed E-state index contributed by atoms with van der Waals surface area (Å²) in [6.07, 6.45) is 2.63. The Bertz CT molecular complexity index is 409. The number of hydrogen-bond donors (Lipinski definition) is 1. The SMILES string of the molecule is CCC(C)N(CCOC)Cc1ncccc1C(=O)O. The number of rotatable bonds is 8. The molecule has 19 heavy (non-hydrogen) atoms. The Labute approximate surface area is 114 Å². The fraction of sp³-hybridized carbons (Fsp3) is 0.571. The molecule has 106 valence electrons. The number of ether oxygens (including phenoxy) is 1. The number of pyridine rings is 1. The molecule has 0 radical (unpaired) electrons. The van der Waals surface area contributed by atoms with E-state index in [1.165, 1.54) is 0 Å². The van der Waals surface area contributed by atoms with E-state index in [0.29, 0.717) is 24.9 Å². The molecule has 1 unspecified atom stereocenters. The molecule has 0 bridgehead atoms. The molecule has 0 saturated carbocycles. The van der Waals surface area contributed by atoms with E-state index in [0.717, 1.165) is 13.0 Å². The maximum absolute atomic E-state index is 11.2. The molecule has 0 fully saturated rings. The normalized spacial score (nSPS) is 12.6. The first-order valence-corrected chi connectivity index (χ1v) is 6.50. The highest BCUT2D eigenvalue weighted by Gasteiger charge is 2.17. The van der Waals surface area contributed by atoms with Gasteiger partial charge in [-0.05, 0) is 25.5 Å². The van der Waals surface area contributed by atoms with Crippen molar-refractivity contribution in [3.63, 3.8) is 0 Å². The average molecular weight is 266 g/mol. The van der Waals surface area contributed by atoms with Crippen molar-refractivity contribution in [2.45, 2.75) is 32.9 Å². The molecule has 1 aromatic rings. The zero-order chi connectivity index (χ0) is 14.3. The van der Waals surface area contributed by atoms with Gasteiger partial charge in [0.15, 0.2) is 0 Å². The zero-order valence-corrected chi connectivity index (χ0v) is 11.8. The Kier molecular flexibility index (Phi) is 6.45. The van der Waals surface area contributed by atoms with Crippen LogP contribution < -0.4 is 0 Å². The van der Waals surface area contributed by atoms with Gasteiger partial charge in [0, 0.05) is 32.4 Å². The quantitative estimate of drug-likeness (QED) is 0.780. The summed E-state index contributed by atoms with van der Waals surface area (Å²) in [6, 6.07) is 3.60. The Balaban J connectivity index is 2.86. The van der Waals surface area contributed by atoms with Crippen molar-refractivity contribution in [2.75, 3.05) is 20.3 Å². The maximum Gasteiger partial charge on any atom is 0.337 e. The largest absolute Gasteiger partial charge is 0.478 e. The van der Waals surface area contributed by atoms with E-state index in [4.69, 9.17) is 9.84 Å². The Hall–Kier alpha value is -1.46. The monoisotopic (exact) mass is 266 g/mol. The summed E-state index contributed by atoms with van der Waals surface area (Å²) in [5.74, 6) is -0.932. The van der Waals surface area contributed by atoms with Gasteiger partial charge in [-0.3, -0.25) is 9.88 Å². The smallest absolute Gasteiger partial charge is 0.337 e. The summed E-state index contributed by atoms with van der Waals surface area (Å²) in [5.41, 5.74) is 0.875. The lowest BCUT2D eigenvalue weighted by molar-refractivity contribution is 0.0691. The molecule has 1 aromatic heterocycles. The van der Waals surface area contributed by atoms with Crippen LogP contribution in [-0.2, 0) is 11.3 Å². The summed E-state index contributed by atoms with van der Waals surface area (Å²) >= 11 is 0. The number of methoxy groups -OCH3 is 1. The minimum atomic E-state index is -0.932. The molecular formula is C14H22N2O3. The Morgan fingerprint density at radius 1 is 1.58 bits per heavy atom. The van der Waals surface area contributed by atoms with Crippen molar-refractivity contribution >= 4 is 5.97 Å². The van der Waals surface area contributed by atoms with Gasteiger partial charge in [-0.2, -0.15) is 0 Å². The van der Waals surface area contributed by atoms with Gasteiger partial charge in [0.25, 0.3) is 0 Å². The Morgan fingerprint density at radius 2 is 2.32 bits per heavy atom. The summed E-state index contributed by atoms with van der Waals surface area (Å²) in [7, 11) is 1.66. The number of nitrogens with zero attached hydrogens (tertiary/aromatic N) is 2. The van der Waals surface area contributed by atoms with Crippen LogP contribution in [0.2, 0.25) is 0 Å². The van der Waals surface area contributed by atoms with Gasteiger partial charge in [0.1, 0.15) is 0 Å². The predicted octanol–water partition coefficient (Wildman–Crippen LogP) is 2.03. The van der Waals surface area contributed by atoms with Gasteiger partial charge in [0.2, 0.25) is 0 Å². The topological polar surface area (TPSA) is 62.7 Å². The minimum absolute atomic E-state index is 0.271. The highest BCUT2D eigenvalue weighted by Crippen LogP contribution is 2.12. The molecular weight excluding hydrogens is 244 g/mol. The number of aromatic carboxylic acids is 1. The van der Waals surface area contributed by atoms with Crippen LogP contribution in [0.4, 0.5) is 0 Å². The van der Waals surface area contributed by atoms with Gasteiger partial charge in [0.05, 0.1) is 17.9 Å². The molecule has 0 aliphatic carbocycles. The predicted molar refractivity (Wildman–Crippen MR) is 73.2 cm³/mol. The molecule has 0 aliphatic rings. The molecule has 1 rings (SSSR count). The fourth-order valence-electron chi connectivity index (χ4n) is 1.87. The number of carboxylic acids is 1. The van der Waals surface area contributed by atoms with Crippen molar-refractivity contribution in [2.24, 2.45) is 0 Å². The van der Waals surface area contributed by atoms with Crippen LogP contribution in [0.25, 0.3) is 0 Å². The summed E-state index contributed by atoms with van der Waals surface area (Å²) in [4.78, 5) is 17.6. The third-order valence-corrected chi connectivity index (χ3v) is 3.27. The van der Waals surface area contributed by atoms with E-state index in [2.05, 4.69) is 23.7 Å². The second kappa shape index (κ2) is 7.86. The standard InChI is InChI=1S/C14H22N2O3/c1-4-11(2)16(8-9-19-3)10-13-12(14(17)18)6-5-7-15-13/h5-7,11H,4,8-10H2,1-3H3,(H,17,18). The zero-order valence-electron chi connectivity index (χ0n) is 11.8.